The molecule has 160 valence electrons. The Morgan fingerprint density at radius 2 is 1.91 bits per heavy atom. The number of pyridine rings is 1. The van der Waals surface area contributed by atoms with Crippen molar-refractivity contribution in [1.82, 2.24) is 24.5 Å². The van der Waals surface area contributed by atoms with Crippen LogP contribution in [0.25, 0.3) is 27.6 Å². The highest BCUT2D eigenvalue weighted by Crippen LogP contribution is 2.27. The molecule has 0 saturated heterocycles. The zero-order chi connectivity index (χ0) is 22.4. The molecule has 2 N–H and O–H groups in total. The van der Waals surface area contributed by atoms with Gasteiger partial charge < -0.3 is 10.3 Å². The highest BCUT2D eigenvalue weighted by atomic mass is 19.2. The van der Waals surface area contributed by atoms with Gasteiger partial charge >= 0.3 is 0 Å². The van der Waals surface area contributed by atoms with Gasteiger partial charge in [-0.2, -0.15) is 0 Å². The van der Waals surface area contributed by atoms with Gasteiger partial charge in [0.05, 0.1) is 23.4 Å². The van der Waals surface area contributed by atoms with E-state index in [0.717, 1.165) is 16.7 Å². The minimum Gasteiger partial charge on any atom is -0.360 e. The minimum absolute atomic E-state index is 0.0429. The summed E-state index contributed by atoms with van der Waals surface area (Å²) in [5.74, 6) is -2.51. The molecule has 0 saturated carbocycles. The Morgan fingerprint density at radius 1 is 1.06 bits per heavy atom. The number of hydrogen-bond acceptors (Lipinski definition) is 5. The fraction of sp³-hybridized carbons (Fsp3) is 0.0909. The predicted octanol–water partition coefficient (Wildman–Crippen LogP) is 4.25. The highest BCUT2D eigenvalue weighted by Gasteiger charge is 2.21. The van der Waals surface area contributed by atoms with Crippen molar-refractivity contribution >= 4 is 27.8 Å². The van der Waals surface area contributed by atoms with Gasteiger partial charge in [0, 0.05) is 5.69 Å². The largest absolute Gasteiger partial charge is 0.360 e. The van der Waals surface area contributed by atoms with E-state index in [4.69, 9.17) is 0 Å². The average Bonchev–Trinajstić information content (AvgIpc) is 3.26. The fourth-order valence-electron chi connectivity index (χ4n) is 3.68. The molecule has 0 aliphatic carbocycles. The first kappa shape index (κ1) is 19.7. The van der Waals surface area contributed by atoms with Crippen LogP contribution in [-0.4, -0.2) is 24.5 Å². The molecule has 10 heteroatoms. The van der Waals surface area contributed by atoms with Crippen molar-refractivity contribution in [2.24, 2.45) is 0 Å². The van der Waals surface area contributed by atoms with Crippen molar-refractivity contribution in [3.05, 3.63) is 88.6 Å². The van der Waals surface area contributed by atoms with Gasteiger partial charge in [-0.15, -0.1) is 0 Å². The number of hydrogen-bond donors (Lipinski definition) is 2. The SMILES string of the molecule is C[C@H](Nc1ncnc2[nH]cnc12)c1cc2ccc(F)cc2c(=O)n1-c1cccc(F)c1F. The van der Waals surface area contributed by atoms with E-state index in [-0.39, 0.29) is 11.1 Å². The van der Waals surface area contributed by atoms with Gasteiger partial charge in [0.2, 0.25) is 0 Å². The molecule has 32 heavy (non-hydrogen) atoms. The summed E-state index contributed by atoms with van der Waals surface area (Å²) >= 11 is 0. The van der Waals surface area contributed by atoms with Crippen molar-refractivity contribution in [2.75, 3.05) is 5.32 Å². The Labute approximate surface area is 178 Å². The maximum Gasteiger partial charge on any atom is 0.263 e. The summed E-state index contributed by atoms with van der Waals surface area (Å²) in [5, 5.41) is 3.65. The smallest absolute Gasteiger partial charge is 0.263 e. The zero-order valence-electron chi connectivity index (χ0n) is 16.6. The number of imidazole rings is 1. The van der Waals surface area contributed by atoms with Crippen molar-refractivity contribution in [1.29, 1.82) is 0 Å². The Kier molecular flexibility index (Phi) is 4.62. The summed E-state index contributed by atoms with van der Waals surface area (Å²) in [6, 6.07) is 8.34. The van der Waals surface area contributed by atoms with Gasteiger partial charge in [-0.05, 0) is 42.6 Å². The Balaban J connectivity index is 1.74. The third-order valence-corrected chi connectivity index (χ3v) is 5.20. The van der Waals surface area contributed by atoms with Crippen LogP contribution in [0.4, 0.5) is 19.0 Å². The molecule has 7 nitrogen and oxygen atoms in total. The molecule has 5 aromatic rings. The topological polar surface area (TPSA) is 88.5 Å². The highest BCUT2D eigenvalue weighted by molar-refractivity contribution is 5.84. The number of rotatable bonds is 4. The maximum atomic E-state index is 14.7. The summed E-state index contributed by atoms with van der Waals surface area (Å²) in [5.41, 5.74) is 0.353. The second-order valence-electron chi connectivity index (χ2n) is 7.20. The van der Waals surface area contributed by atoms with Gasteiger partial charge in [0.25, 0.3) is 5.56 Å². The molecule has 5 rings (SSSR count). The molecule has 0 amide bonds. The number of anilines is 1. The number of H-pyrrole nitrogens is 1. The lowest BCUT2D eigenvalue weighted by molar-refractivity contribution is 0.502. The van der Waals surface area contributed by atoms with E-state index in [2.05, 4.69) is 25.3 Å². The number of nitrogens with zero attached hydrogens (tertiary/aromatic N) is 4. The van der Waals surface area contributed by atoms with Crippen LogP contribution in [0.3, 0.4) is 0 Å². The Hall–Kier alpha value is -4.21. The molecular weight excluding hydrogens is 421 g/mol. The molecule has 0 fully saturated rings. The van der Waals surface area contributed by atoms with Crippen molar-refractivity contribution < 1.29 is 13.2 Å². The van der Waals surface area contributed by atoms with Crippen LogP contribution in [-0.2, 0) is 0 Å². The van der Waals surface area contributed by atoms with E-state index in [9.17, 15) is 18.0 Å². The summed E-state index contributed by atoms with van der Waals surface area (Å²) < 4.78 is 43.6. The van der Waals surface area contributed by atoms with E-state index in [1.807, 2.05) is 0 Å². The van der Waals surface area contributed by atoms with Crippen molar-refractivity contribution in [3.63, 3.8) is 0 Å². The van der Waals surface area contributed by atoms with Gasteiger partial charge in [0.15, 0.2) is 23.1 Å². The van der Waals surface area contributed by atoms with Crippen molar-refractivity contribution in [3.8, 4) is 5.69 Å². The summed E-state index contributed by atoms with van der Waals surface area (Å²) in [7, 11) is 0. The first-order valence-corrected chi connectivity index (χ1v) is 9.64. The van der Waals surface area contributed by atoms with Crippen LogP contribution in [0.5, 0.6) is 0 Å². The molecule has 0 aliphatic heterocycles. The van der Waals surface area contributed by atoms with Crippen LogP contribution in [0.15, 0.2) is 59.9 Å². The van der Waals surface area contributed by atoms with Crippen LogP contribution < -0.4 is 10.9 Å². The number of fused-ring (bicyclic) bond motifs is 2. The van der Waals surface area contributed by atoms with Crippen LogP contribution in [0, 0.1) is 17.5 Å². The van der Waals surface area contributed by atoms with Crippen LogP contribution >= 0.6 is 0 Å². The fourth-order valence-corrected chi connectivity index (χ4v) is 3.68. The van der Waals surface area contributed by atoms with Gasteiger partial charge in [0.1, 0.15) is 17.7 Å². The standard InChI is InChI=1S/C22H15F3N6O/c1-11(30-21-19-20(27-9-26-19)28-10-29-21)17-7-12-5-6-13(23)8-14(12)22(32)31(17)16-4-2-3-15(24)18(16)25/h2-11H,1H3,(H2,26,27,28,29,30)/t11-/m0/s1. The number of benzene rings is 2. The number of halogens is 3. The molecule has 0 aliphatic rings. The van der Waals surface area contributed by atoms with Crippen LogP contribution in [0.2, 0.25) is 0 Å². The van der Waals surface area contributed by atoms with E-state index >= 15 is 0 Å². The lowest BCUT2D eigenvalue weighted by atomic mass is 10.1. The second kappa shape index (κ2) is 7.49. The summed E-state index contributed by atoms with van der Waals surface area (Å²) in [6.45, 7) is 1.73. The predicted molar refractivity (Wildman–Crippen MR) is 113 cm³/mol. The number of nitrogens with one attached hydrogen (secondary N) is 2. The third-order valence-electron chi connectivity index (χ3n) is 5.20. The molecule has 0 radical (unpaired) electrons. The monoisotopic (exact) mass is 436 g/mol. The van der Waals surface area contributed by atoms with E-state index < -0.39 is 29.1 Å². The first-order valence-electron chi connectivity index (χ1n) is 9.64. The van der Waals surface area contributed by atoms with Crippen LogP contribution in [0.1, 0.15) is 18.7 Å². The molecule has 0 bridgehead atoms. The normalized spacial score (nSPS) is 12.4. The number of aromatic nitrogens is 5. The Morgan fingerprint density at radius 3 is 2.75 bits per heavy atom. The summed E-state index contributed by atoms with van der Waals surface area (Å²) in [6.07, 6.45) is 2.82. The first-order chi connectivity index (χ1) is 15.4. The third kappa shape index (κ3) is 3.16. The number of aromatic amines is 1. The van der Waals surface area contributed by atoms with Gasteiger partial charge in [-0.25, -0.2) is 28.1 Å². The van der Waals surface area contributed by atoms with Gasteiger partial charge in [-0.3, -0.25) is 9.36 Å². The molecule has 2 aromatic carbocycles. The van der Waals surface area contributed by atoms with E-state index in [1.165, 1.54) is 36.9 Å². The molecule has 3 aromatic heterocycles. The maximum absolute atomic E-state index is 14.7. The minimum atomic E-state index is -1.18. The lowest BCUT2D eigenvalue weighted by Gasteiger charge is -2.21. The van der Waals surface area contributed by atoms with E-state index in [0.29, 0.717) is 28.1 Å². The quantitative estimate of drug-likeness (QED) is 0.440. The average molecular weight is 436 g/mol. The molecular formula is C22H15F3N6O. The molecule has 1 atom stereocenters. The van der Waals surface area contributed by atoms with E-state index in [1.54, 1.807) is 13.0 Å². The molecule has 0 spiro atoms. The van der Waals surface area contributed by atoms with Gasteiger partial charge in [-0.1, -0.05) is 12.1 Å². The Bertz CT molecular complexity index is 1540. The molecule has 0 unspecified atom stereocenters. The lowest BCUT2D eigenvalue weighted by Crippen LogP contribution is -2.26. The zero-order valence-corrected chi connectivity index (χ0v) is 16.6. The molecule has 3 heterocycles. The van der Waals surface area contributed by atoms with Crippen molar-refractivity contribution in [2.45, 2.75) is 13.0 Å². The summed E-state index contributed by atoms with van der Waals surface area (Å²) in [4.78, 5) is 28.7. The second-order valence-corrected chi connectivity index (χ2v) is 7.20.